The molecule has 3 aromatic rings. The minimum Gasteiger partial charge on any atom is -0.497 e. The van der Waals surface area contributed by atoms with Crippen LogP contribution in [-0.2, 0) is 5.41 Å². The molecule has 1 heterocycles. The number of benzene rings is 3. The maximum absolute atomic E-state index is 13.9. The summed E-state index contributed by atoms with van der Waals surface area (Å²) in [5.41, 5.74) is 3.28. The van der Waals surface area contributed by atoms with Gasteiger partial charge in [0.1, 0.15) is 11.5 Å². The Bertz CT molecular complexity index is 1080. The van der Waals surface area contributed by atoms with E-state index in [9.17, 15) is 4.79 Å². The summed E-state index contributed by atoms with van der Waals surface area (Å²) >= 11 is 0. The molecule has 1 aliphatic heterocycles. The third kappa shape index (κ3) is 3.56. The fraction of sp³-hybridized carbons (Fsp3) is 0.296. The van der Waals surface area contributed by atoms with E-state index in [1.807, 2.05) is 23.1 Å². The number of hydrogen-bond donors (Lipinski definition) is 0. The minimum absolute atomic E-state index is 0.0650. The van der Waals surface area contributed by atoms with Crippen LogP contribution in [0.15, 0.2) is 72.8 Å². The van der Waals surface area contributed by atoms with Gasteiger partial charge in [-0.1, -0.05) is 55.5 Å². The van der Waals surface area contributed by atoms with Crippen molar-refractivity contribution < 1.29 is 14.3 Å². The van der Waals surface area contributed by atoms with Crippen molar-refractivity contribution in [2.45, 2.75) is 38.1 Å². The van der Waals surface area contributed by atoms with Crippen LogP contribution in [0.4, 0.5) is 5.69 Å². The molecule has 1 aliphatic rings. The number of anilines is 1. The Morgan fingerprint density at radius 3 is 2.03 bits per heavy atom. The molecule has 4 rings (SSSR count). The molecule has 0 saturated heterocycles. The molecule has 0 aliphatic carbocycles. The zero-order valence-electron chi connectivity index (χ0n) is 18.8. The number of nitrogens with zero attached hydrogens (tertiary/aromatic N) is 1. The number of carbonyl (C=O) groups excluding carboxylic acids is 1. The van der Waals surface area contributed by atoms with Crippen LogP contribution in [0.25, 0.3) is 0 Å². The lowest BCUT2D eigenvalue weighted by atomic mass is 9.65. The number of carbonyl (C=O) groups is 1. The van der Waals surface area contributed by atoms with Crippen LogP contribution in [0.5, 0.6) is 11.5 Å². The van der Waals surface area contributed by atoms with Crippen molar-refractivity contribution >= 4 is 11.6 Å². The summed E-state index contributed by atoms with van der Waals surface area (Å²) in [7, 11) is 3.18. The third-order valence-electron chi connectivity index (χ3n) is 6.34. The number of amides is 1. The Hall–Kier alpha value is -3.27. The molecule has 0 radical (unpaired) electrons. The summed E-state index contributed by atoms with van der Waals surface area (Å²) in [6, 6.07) is 24.1. The van der Waals surface area contributed by atoms with E-state index in [1.54, 1.807) is 32.4 Å². The molecule has 0 bridgehead atoms. The monoisotopic (exact) mass is 415 g/mol. The van der Waals surface area contributed by atoms with Crippen molar-refractivity contribution in [1.82, 2.24) is 0 Å². The van der Waals surface area contributed by atoms with Gasteiger partial charge in [0, 0.05) is 28.3 Å². The summed E-state index contributed by atoms with van der Waals surface area (Å²) in [5, 5.41) is 0. The molecular weight excluding hydrogens is 386 g/mol. The molecule has 3 aromatic carbocycles. The van der Waals surface area contributed by atoms with Gasteiger partial charge in [0.25, 0.3) is 5.91 Å². The lowest BCUT2D eigenvalue weighted by Gasteiger charge is -2.51. The van der Waals surface area contributed by atoms with E-state index in [0.29, 0.717) is 17.1 Å². The van der Waals surface area contributed by atoms with E-state index in [0.717, 1.165) is 17.7 Å². The molecule has 31 heavy (non-hydrogen) atoms. The highest BCUT2D eigenvalue weighted by Crippen LogP contribution is 2.50. The first-order valence-corrected chi connectivity index (χ1v) is 10.5. The molecular formula is C27H29NO3. The average molecular weight is 416 g/mol. The quantitative estimate of drug-likeness (QED) is 0.537. The van der Waals surface area contributed by atoms with E-state index in [-0.39, 0.29) is 11.3 Å². The van der Waals surface area contributed by atoms with E-state index in [2.05, 4.69) is 57.2 Å². The Balaban J connectivity index is 1.87. The lowest BCUT2D eigenvalue weighted by Crippen LogP contribution is -2.55. The summed E-state index contributed by atoms with van der Waals surface area (Å²) in [6.45, 7) is 6.55. The highest BCUT2D eigenvalue weighted by molar-refractivity contribution is 6.08. The molecule has 4 heteroatoms. The van der Waals surface area contributed by atoms with Gasteiger partial charge in [-0.2, -0.15) is 0 Å². The molecule has 4 nitrogen and oxygen atoms in total. The molecule has 0 saturated carbocycles. The first kappa shape index (κ1) is 21.0. The Morgan fingerprint density at radius 1 is 0.839 bits per heavy atom. The summed E-state index contributed by atoms with van der Waals surface area (Å²) in [4.78, 5) is 15.8. The molecule has 160 valence electrons. The van der Waals surface area contributed by atoms with Crippen LogP contribution in [0, 0.1) is 0 Å². The van der Waals surface area contributed by atoms with Crippen molar-refractivity contribution in [2.75, 3.05) is 19.1 Å². The predicted octanol–water partition coefficient (Wildman–Crippen LogP) is 5.84. The Labute approximate surface area is 184 Å². The highest BCUT2D eigenvalue weighted by atomic mass is 16.5. The zero-order valence-corrected chi connectivity index (χ0v) is 18.8. The normalized spacial score (nSPS) is 19.5. The van der Waals surface area contributed by atoms with Crippen LogP contribution in [-0.4, -0.2) is 25.7 Å². The molecule has 0 N–H and O–H groups in total. The van der Waals surface area contributed by atoms with Gasteiger partial charge in [-0.15, -0.1) is 0 Å². The number of hydrogen-bond acceptors (Lipinski definition) is 3. The molecule has 1 unspecified atom stereocenters. The number of para-hydroxylation sites is 1. The number of ether oxygens (including phenoxy) is 2. The van der Waals surface area contributed by atoms with Gasteiger partial charge >= 0.3 is 0 Å². The minimum atomic E-state index is -0.410. The van der Waals surface area contributed by atoms with E-state index in [4.69, 9.17) is 9.47 Å². The van der Waals surface area contributed by atoms with Gasteiger partial charge in [0.05, 0.1) is 14.2 Å². The number of rotatable bonds is 4. The average Bonchev–Trinajstić information content (AvgIpc) is 2.78. The van der Waals surface area contributed by atoms with Crippen LogP contribution < -0.4 is 14.4 Å². The van der Waals surface area contributed by atoms with Crippen molar-refractivity contribution in [3.63, 3.8) is 0 Å². The molecule has 0 aromatic heterocycles. The van der Waals surface area contributed by atoms with Crippen molar-refractivity contribution in [1.29, 1.82) is 0 Å². The second-order valence-electron chi connectivity index (χ2n) is 8.95. The summed E-state index contributed by atoms with van der Waals surface area (Å²) in [5.74, 6) is 1.13. The van der Waals surface area contributed by atoms with Gasteiger partial charge in [-0.25, -0.2) is 0 Å². The van der Waals surface area contributed by atoms with Gasteiger partial charge < -0.3 is 14.4 Å². The van der Waals surface area contributed by atoms with Gasteiger partial charge in [-0.05, 0) is 49.6 Å². The first-order valence-electron chi connectivity index (χ1n) is 10.5. The third-order valence-corrected chi connectivity index (χ3v) is 6.34. The fourth-order valence-corrected chi connectivity index (χ4v) is 5.01. The topological polar surface area (TPSA) is 38.8 Å². The second kappa shape index (κ2) is 7.77. The summed E-state index contributed by atoms with van der Waals surface area (Å²) in [6.07, 6.45) is 0.799. The number of methoxy groups -OCH3 is 2. The number of fused-ring (bicyclic) bond motifs is 1. The maximum atomic E-state index is 13.9. The maximum Gasteiger partial charge on any atom is 0.259 e. The van der Waals surface area contributed by atoms with Crippen LogP contribution >= 0.6 is 0 Å². The predicted molar refractivity (Wildman–Crippen MR) is 124 cm³/mol. The SMILES string of the molecule is COc1cc(OC)cc(C(=O)N2c3ccccc3C(C)(c3ccccc3)CC2(C)C)c1. The molecule has 1 amide bonds. The fourth-order valence-electron chi connectivity index (χ4n) is 5.01. The largest absolute Gasteiger partial charge is 0.497 e. The smallest absolute Gasteiger partial charge is 0.259 e. The molecule has 1 atom stereocenters. The Morgan fingerprint density at radius 2 is 1.42 bits per heavy atom. The van der Waals surface area contributed by atoms with E-state index in [1.165, 1.54) is 5.56 Å². The van der Waals surface area contributed by atoms with Crippen LogP contribution in [0.3, 0.4) is 0 Å². The van der Waals surface area contributed by atoms with Crippen molar-refractivity contribution in [2.24, 2.45) is 0 Å². The highest BCUT2D eigenvalue weighted by Gasteiger charge is 2.47. The van der Waals surface area contributed by atoms with Crippen LogP contribution in [0.2, 0.25) is 0 Å². The van der Waals surface area contributed by atoms with E-state index >= 15 is 0 Å². The summed E-state index contributed by atoms with van der Waals surface area (Å²) < 4.78 is 10.8. The van der Waals surface area contributed by atoms with Crippen LogP contribution in [0.1, 0.15) is 48.7 Å². The molecule has 0 fully saturated rings. The zero-order chi connectivity index (χ0) is 22.2. The van der Waals surface area contributed by atoms with Gasteiger partial charge in [-0.3, -0.25) is 4.79 Å². The Kier molecular flexibility index (Phi) is 5.26. The molecule has 0 spiro atoms. The first-order chi connectivity index (χ1) is 14.8. The standard InChI is InChI=1S/C27H29NO3/c1-26(2)18-27(3,20-11-7-6-8-12-20)23-13-9-10-14-24(23)28(26)25(29)19-15-21(30-4)17-22(16-19)31-5/h6-17H,18H2,1-5H3. The van der Waals surface area contributed by atoms with E-state index < -0.39 is 5.54 Å². The van der Waals surface area contributed by atoms with Gasteiger partial charge in [0.2, 0.25) is 0 Å². The lowest BCUT2D eigenvalue weighted by molar-refractivity contribution is 0.0948. The second-order valence-corrected chi connectivity index (χ2v) is 8.95. The van der Waals surface area contributed by atoms with Crippen molar-refractivity contribution in [3.8, 4) is 11.5 Å². The van der Waals surface area contributed by atoms with Crippen molar-refractivity contribution in [3.05, 3.63) is 89.5 Å². The van der Waals surface area contributed by atoms with Gasteiger partial charge in [0.15, 0.2) is 0 Å².